The van der Waals surface area contributed by atoms with Crippen LogP contribution in [0.15, 0.2) is 12.1 Å². The molecule has 154 valence electrons. The summed E-state index contributed by atoms with van der Waals surface area (Å²) in [5.41, 5.74) is 2.09. The molecular weight excluding hydrogens is 358 g/mol. The summed E-state index contributed by atoms with van der Waals surface area (Å²) >= 11 is 0. The summed E-state index contributed by atoms with van der Waals surface area (Å²) in [6, 6.07) is 3.60. The van der Waals surface area contributed by atoms with Crippen LogP contribution in [-0.2, 0) is 14.3 Å². The van der Waals surface area contributed by atoms with E-state index in [2.05, 4.69) is 22.1 Å². The average molecular weight is 389 g/mol. The zero-order valence-corrected chi connectivity index (χ0v) is 17.3. The van der Waals surface area contributed by atoms with Crippen molar-refractivity contribution in [3.63, 3.8) is 0 Å². The minimum absolute atomic E-state index is 0.0216. The molecule has 1 aromatic rings. The number of nitrogens with zero attached hydrogens (tertiary/aromatic N) is 2. The number of unbranched alkanes of at least 4 members (excludes halogenated alkanes) is 2. The number of pyridine rings is 1. The number of esters is 2. The van der Waals surface area contributed by atoms with Crippen molar-refractivity contribution in [3.8, 4) is 0 Å². The third kappa shape index (κ3) is 3.99. The Morgan fingerprint density at radius 2 is 2.11 bits per heavy atom. The van der Waals surface area contributed by atoms with E-state index in [0.29, 0.717) is 5.69 Å². The van der Waals surface area contributed by atoms with Gasteiger partial charge in [0.1, 0.15) is 5.69 Å². The van der Waals surface area contributed by atoms with Crippen LogP contribution in [0, 0.1) is 18.3 Å². The number of carbonyl (C=O) groups is 2. The third-order valence-electron chi connectivity index (χ3n) is 5.88. The van der Waals surface area contributed by atoms with Crippen LogP contribution in [0.2, 0.25) is 0 Å². The number of ether oxygens (including phenoxy) is 2. The van der Waals surface area contributed by atoms with Crippen molar-refractivity contribution in [2.24, 2.45) is 11.3 Å². The van der Waals surface area contributed by atoms with Gasteiger partial charge in [0.25, 0.3) is 0 Å². The van der Waals surface area contributed by atoms with Gasteiger partial charge in [0.15, 0.2) is 6.23 Å². The SMILES string of the molecule is CCCCCC(C)C(=O)OC1NCC12CN(c1ccc(C(=O)OC)nc1C)C2. The summed E-state index contributed by atoms with van der Waals surface area (Å²) in [5.74, 6) is -0.594. The molecule has 3 heterocycles. The number of methoxy groups -OCH3 is 1. The van der Waals surface area contributed by atoms with Crippen LogP contribution in [0.4, 0.5) is 5.69 Å². The molecule has 3 rings (SSSR count). The topological polar surface area (TPSA) is 80.8 Å². The molecule has 0 bridgehead atoms. The first kappa shape index (κ1) is 20.6. The predicted octanol–water partition coefficient (Wildman–Crippen LogP) is 2.67. The van der Waals surface area contributed by atoms with Gasteiger partial charge in [-0.05, 0) is 25.5 Å². The Morgan fingerprint density at radius 3 is 2.68 bits per heavy atom. The molecule has 0 amide bonds. The maximum atomic E-state index is 12.4. The molecule has 0 radical (unpaired) electrons. The molecule has 28 heavy (non-hydrogen) atoms. The zero-order valence-electron chi connectivity index (χ0n) is 17.3. The van der Waals surface area contributed by atoms with E-state index in [1.54, 1.807) is 6.07 Å². The fourth-order valence-electron chi connectivity index (χ4n) is 3.96. The molecule has 2 unspecified atom stereocenters. The first-order valence-electron chi connectivity index (χ1n) is 10.1. The number of aromatic nitrogens is 1. The molecule has 1 N–H and O–H groups in total. The normalized spacial score (nSPS) is 20.9. The van der Waals surface area contributed by atoms with Crippen molar-refractivity contribution in [1.82, 2.24) is 10.3 Å². The highest BCUT2D eigenvalue weighted by Crippen LogP contribution is 2.43. The molecule has 0 aromatic carbocycles. The van der Waals surface area contributed by atoms with Gasteiger partial charge in [0.2, 0.25) is 0 Å². The fourth-order valence-corrected chi connectivity index (χ4v) is 3.96. The van der Waals surface area contributed by atoms with Gasteiger partial charge in [-0.1, -0.05) is 33.1 Å². The van der Waals surface area contributed by atoms with Gasteiger partial charge >= 0.3 is 11.9 Å². The van der Waals surface area contributed by atoms with E-state index in [4.69, 9.17) is 9.47 Å². The van der Waals surface area contributed by atoms with Gasteiger partial charge in [-0.15, -0.1) is 0 Å². The second-order valence-electron chi connectivity index (χ2n) is 8.11. The molecule has 2 fully saturated rings. The smallest absolute Gasteiger partial charge is 0.356 e. The number of nitrogens with one attached hydrogen (secondary N) is 1. The summed E-state index contributed by atoms with van der Waals surface area (Å²) in [6.45, 7) is 8.46. The summed E-state index contributed by atoms with van der Waals surface area (Å²) in [4.78, 5) is 30.6. The Morgan fingerprint density at radius 1 is 1.36 bits per heavy atom. The Bertz CT molecular complexity index is 730. The van der Waals surface area contributed by atoms with E-state index in [-0.39, 0.29) is 23.5 Å². The highest BCUT2D eigenvalue weighted by Gasteiger charge is 2.57. The van der Waals surface area contributed by atoms with Crippen molar-refractivity contribution < 1.29 is 19.1 Å². The predicted molar refractivity (Wildman–Crippen MR) is 106 cm³/mol. The lowest BCUT2D eigenvalue weighted by Gasteiger charge is -2.60. The van der Waals surface area contributed by atoms with Crippen LogP contribution in [-0.4, -0.2) is 49.9 Å². The summed E-state index contributed by atoms with van der Waals surface area (Å²) in [7, 11) is 1.35. The lowest BCUT2D eigenvalue weighted by atomic mass is 9.72. The minimum atomic E-state index is -0.432. The largest absolute Gasteiger partial charge is 0.464 e. The number of carbonyl (C=O) groups excluding carboxylic acids is 2. The van der Waals surface area contributed by atoms with E-state index >= 15 is 0 Å². The van der Waals surface area contributed by atoms with Crippen LogP contribution >= 0.6 is 0 Å². The van der Waals surface area contributed by atoms with E-state index in [9.17, 15) is 9.59 Å². The first-order valence-corrected chi connectivity index (χ1v) is 10.1. The number of anilines is 1. The molecule has 2 aliphatic heterocycles. The number of aryl methyl sites for hydroxylation is 1. The van der Waals surface area contributed by atoms with Crippen LogP contribution in [0.25, 0.3) is 0 Å². The Kier molecular flexibility index (Phi) is 6.23. The summed E-state index contributed by atoms with van der Waals surface area (Å²) in [5, 5.41) is 3.26. The van der Waals surface area contributed by atoms with Gasteiger partial charge < -0.3 is 14.4 Å². The maximum absolute atomic E-state index is 12.4. The monoisotopic (exact) mass is 389 g/mol. The lowest BCUT2D eigenvalue weighted by molar-refractivity contribution is -0.180. The van der Waals surface area contributed by atoms with Gasteiger partial charge in [-0.2, -0.15) is 0 Å². The highest BCUT2D eigenvalue weighted by atomic mass is 16.6. The summed E-state index contributed by atoms with van der Waals surface area (Å²) in [6.07, 6.45) is 4.04. The van der Waals surface area contributed by atoms with E-state index in [0.717, 1.165) is 56.7 Å². The molecular formula is C21H31N3O4. The molecule has 2 saturated heterocycles. The first-order chi connectivity index (χ1) is 13.4. The van der Waals surface area contributed by atoms with Gasteiger partial charge in [-0.3, -0.25) is 10.1 Å². The third-order valence-corrected chi connectivity index (χ3v) is 5.88. The number of rotatable bonds is 8. The molecule has 2 atom stereocenters. The maximum Gasteiger partial charge on any atom is 0.356 e. The van der Waals surface area contributed by atoms with Gasteiger partial charge in [0.05, 0.1) is 29.8 Å². The zero-order chi connectivity index (χ0) is 20.3. The van der Waals surface area contributed by atoms with E-state index in [1.807, 2.05) is 19.9 Å². The van der Waals surface area contributed by atoms with Crippen LogP contribution in [0.3, 0.4) is 0 Å². The van der Waals surface area contributed by atoms with Crippen LogP contribution < -0.4 is 10.2 Å². The Hall–Kier alpha value is -2.15. The van der Waals surface area contributed by atoms with Crippen LogP contribution in [0.5, 0.6) is 0 Å². The standard InChI is InChI=1S/C21H31N3O4/c1-5-6-7-8-14(2)18(25)28-20-21(11-22-20)12-24(13-21)17-10-9-16(19(26)27-4)23-15(17)3/h9-10,14,20,22H,5-8,11-13H2,1-4H3. The minimum Gasteiger partial charge on any atom is -0.464 e. The second-order valence-corrected chi connectivity index (χ2v) is 8.11. The average Bonchev–Trinajstić information content (AvgIpc) is 2.64. The second kappa shape index (κ2) is 8.47. The van der Waals surface area contributed by atoms with Gasteiger partial charge in [0, 0.05) is 19.6 Å². The van der Waals surface area contributed by atoms with Crippen LogP contribution in [0.1, 0.15) is 55.7 Å². The number of hydrogen-bond donors (Lipinski definition) is 1. The van der Waals surface area contributed by atoms with Gasteiger partial charge in [-0.25, -0.2) is 9.78 Å². The molecule has 1 spiro atoms. The summed E-state index contributed by atoms with van der Waals surface area (Å²) < 4.78 is 10.5. The van der Waals surface area contributed by atoms with Crippen molar-refractivity contribution in [3.05, 3.63) is 23.5 Å². The van der Waals surface area contributed by atoms with Crippen molar-refractivity contribution in [1.29, 1.82) is 0 Å². The molecule has 2 aliphatic rings. The quantitative estimate of drug-likeness (QED) is 0.541. The van der Waals surface area contributed by atoms with Crippen molar-refractivity contribution >= 4 is 17.6 Å². The van der Waals surface area contributed by atoms with E-state index < -0.39 is 5.97 Å². The fraction of sp³-hybridized carbons (Fsp3) is 0.667. The molecule has 7 nitrogen and oxygen atoms in total. The Balaban J connectivity index is 1.54. The van der Waals surface area contributed by atoms with Crippen molar-refractivity contribution in [2.75, 3.05) is 31.6 Å². The molecule has 0 aliphatic carbocycles. The lowest BCUT2D eigenvalue weighted by Crippen LogP contribution is -2.77. The Labute approximate surface area is 166 Å². The molecule has 7 heteroatoms. The highest BCUT2D eigenvalue weighted by molar-refractivity contribution is 5.87. The molecule has 1 aromatic heterocycles. The van der Waals surface area contributed by atoms with E-state index in [1.165, 1.54) is 7.11 Å². The molecule has 0 saturated carbocycles. The number of hydrogen-bond acceptors (Lipinski definition) is 7. The van der Waals surface area contributed by atoms with Crippen molar-refractivity contribution in [2.45, 2.75) is 52.7 Å².